The van der Waals surface area contributed by atoms with Crippen molar-refractivity contribution in [2.75, 3.05) is 32.1 Å². The van der Waals surface area contributed by atoms with Crippen molar-refractivity contribution in [3.8, 4) is 5.75 Å². The van der Waals surface area contributed by atoms with Crippen molar-refractivity contribution in [3.05, 3.63) is 28.7 Å². The lowest BCUT2D eigenvalue weighted by Gasteiger charge is -2.30. The van der Waals surface area contributed by atoms with Gasteiger partial charge in [-0.1, -0.05) is 22.0 Å². The zero-order chi connectivity index (χ0) is 12.8. The second-order valence-electron chi connectivity index (χ2n) is 4.75. The van der Waals surface area contributed by atoms with Crippen molar-refractivity contribution in [1.82, 2.24) is 4.90 Å². The topological polar surface area (TPSA) is 12.5 Å². The van der Waals surface area contributed by atoms with E-state index in [9.17, 15) is 0 Å². The Hall–Kier alpha value is -0.250. The molecular weight excluding hydrogens is 314 g/mol. The fourth-order valence-corrected chi connectivity index (χ4v) is 2.90. The van der Waals surface area contributed by atoms with Crippen molar-refractivity contribution >= 4 is 27.5 Å². The first-order valence-corrected chi connectivity index (χ1v) is 7.77. The molecule has 0 amide bonds. The summed E-state index contributed by atoms with van der Waals surface area (Å²) in [5, 5.41) is 0. The van der Waals surface area contributed by atoms with E-state index in [-0.39, 0.29) is 0 Å². The molecular formula is C14H19BrClNO. The Balaban J connectivity index is 1.67. The largest absolute Gasteiger partial charge is 0.492 e. The van der Waals surface area contributed by atoms with Gasteiger partial charge in [-0.05, 0) is 50.0 Å². The summed E-state index contributed by atoms with van der Waals surface area (Å²) < 4.78 is 6.80. The number of hydrogen-bond donors (Lipinski definition) is 0. The van der Waals surface area contributed by atoms with E-state index in [4.69, 9.17) is 16.3 Å². The van der Waals surface area contributed by atoms with E-state index < -0.39 is 0 Å². The maximum atomic E-state index is 5.88. The van der Waals surface area contributed by atoms with Crippen molar-refractivity contribution in [2.45, 2.75) is 12.8 Å². The molecule has 0 radical (unpaired) electrons. The molecule has 0 aromatic heterocycles. The highest BCUT2D eigenvalue weighted by Gasteiger charge is 2.17. The molecule has 2 rings (SSSR count). The van der Waals surface area contributed by atoms with Gasteiger partial charge >= 0.3 is 0 Å². The van der Waals surface area contributed by atoms with E-state index in [1.54, 1.807) is 0 Å². The maximum absolute atomic E-state index is 5.88. The van der Waals surface area contributed by atoms with Crippen molar-refractivity contribution in [2.24, 2.45) is 5.92 Å². The molecule has 1 aliphatic heterocycles. The highest BCUT2D eigenvalue weighted by molar-refractivity contribution is 9.10. The molecule has 1 heterocycles. The first-order valence-electron chi connectivity index (χ1n) is 6.44. The van der Waals surface area contributed by atoms with Crippen LogP contribution in [0.5, 0.6) is 5.75 Å². The zero-order valence-corrected chi connectivity index (χ0v) is 12.8. The molecule has 1 saturated heterocycles. The Morgan fingerprint density at radius 1 is 1.33 bits per heavy atom. The number of benzene rings is 1. The normalized spacial score (nSPS) is 17.9. The zero-order valence-electron chi connectivity index (χ0n) is 10.4. The summed E-state index contributed by atoms with van der Waals surface area (Å²) in [5.41, 5.74) is 0. The third kappa shape index (κ3) is 4.45. The minimum absolute atomic E-state index is 0.717. The standard InChI is InChI=1S/C14H19BrClNO/c15-13-2-1-3-14(10-13)18-9-8-17-6-4-12(11-16)5-7-17/h1-3,10,12H,4-9,11H2. The van der Waals surface area contributed by atoms with Crippen LogP contribution in [-0.2, 0) is 0 Å². The quantitative estimate of drug-likeness (QED) is 0.761. The van der Waals surface area contributed by atoms with Gasteiger partial charge in [0.15, 0.2) is 0 Å². The number of rotatable bonds is 5. The van der Waals surface area contributed by atoms with Gasteiger partial charge in [-0.15, -0.1) is 11.6 Å². The van der Waals surface area contributed by atoms with Crippen molar-refractivity contribution in [1.29, 1.82) is 0 Å². The number of alkyl halides is 1. The summed E-state index contributed by atoms with van der Waals surface area (Å²) in [6.45, 7) is 4.06. The van der Waals surface area contributed by atoms with Crippen LogP contribution in [0.15, 0.2) is 28.7 Å². The van der Waals surface area contributed by atoms with Crippen LogP contribution < -0.4 is 4.74 Å². The van der Waals surface area contributed by atoms with Crippen LogP contribution in [0, 0.1) is 5.92 Å². The van der Waals surface area contributed by atoms with Gasteiger partial charge in [0.05, 0.1) is 0 Å². The summed E-state index contributed by atoms with van der Waals surface area (Å²) in [6.07, 6.45) is 2.45. The fraction of sp³-hybridized carbons (Fsp3) is 0.571. The summed E-state index contributed by atoms with van der Waals surface area (Å²) in [5.74, 6) is 2.46. The van der Waals surface area contributed by atoms with Crippen molar-refractivity contribution in [3.63, 3.8) is 0 Å². The van der Waals surface area contributed by atoms with Gasteiger partial charge in [0.2, 0.25) is 0 Å². The summed E-state index contributed by atoms with van der Waals surface area (Å²) in [6, 6.07) is 7.99. The van der Waals surface area contributed by atoms with Crippen LogP contribution in [0.4, 0.5) is 0 Å². The van der Waals surface area contributed by atoms with E-state index >= 15 is 0 Å². The lowest BCUT2D eigenvalue weighted by Crippen LogP contribution is -2.36. The van der Waals surface area contributed by atoms with Gasteiger partial charge in [0.1, 0.15) is 12.4 Å². The van der Waals surface area contributed by atoms with Gasteiger partial charge in [0.25, 0.3) is 0 Å². The summed E-state index contributed by atoms with van der Waals surface area (Å²) >= 11 is 9.32. The van der Waals surface area contributed by atoms with Gasteiger partial charge in [-0.3, -0.25) is 4.90 Å². The van der Waals surface area contributed by atoms with Crippen LogP contribution >= 0.6 is 27.5 Å². The van der Waals surface area contributed by atoms with Gasteiger partial charge in [0, 0.05) is 16.9 Å². The Morgan fingerprint density at radius 3 is 2.78 bits per heavy atom. The molecule has 100 valence electrons. The predicted octanol–water partition coefficient (Wildman–Crippen LogP) is 3.78. The average Bonchev–Trinajstić information content (AvgIpc) is 2.40. The number of nitrogens with zero attached hydrogens (tertiary/aromatic N) is 1. The average molecular weight is 333 g/mol. The molecule has 0 unspecified atom stereocenters. The molecule has 0 atom stereocenters. The first kappa shape index (κ1) is 14.2. The Bertz CT molecular complexity index is 367. The van der Waals surface area contributed by atoms with E-state index in [1.807, 2.05) is 24.3 Å². The third-order valence-corrected chi connectivity index (χ3v) is 4.33. The second kappa shape index (κ2) is 7.37. The van der Waals surface area contributed by atoms with Crippen LogP contribution in [0.3, 0.4) is 0 Å². The molecule has 2 nitrogen and oxygen atoms in total. The van der Waals surface area contributed by atoms with E-state index in [2.05, 4.69) is 20.8 Å². The molecule has 0 N–H and O–H groups in total. The van der Waals surface area contributed by atoms with Gasteiger partial charge in [-0.25, -0.2) is 0 Å². The monoisotopic (exact) mass is 331 g/mol. The Morgan fingerprint density at radius 2 is 2.11 bits per heavy atom. The number of hydrogen-bond acceptors (Lipinski definition) is 2. The molecule has 1 aromatic rings. The minimum Gasteiger partial charge on any atom is -0.492 e. The maximum Gasteiger partial charge on any atom is 0.120 e. The highest BCUT2D eigenvalue weighted by Crippen LogP contribution is 2.19. The molecule has 1 fully saturated rings. The molecule has 0 aliphatic carbocycles. The number of halogens is 2. The Kier molecular flexibility index (Phi) is 5.80. The second-order valence-corrected chi connectivity index (χ2v) is 5.97. The number of ether oxygens (including phenoxy) is 1. The molecule has 1 aromatic carbocycles. The van der Waals surface area contributed by atoms with E-state index in [0.717, 1.165) is 42.3 Å². The number of piperidine rings is 1. The van der Waals surface area contributed by atoms with Gasteiger partial charge < -0.3 is 4.74 Å². The summed E-state index contributed by atoms with van der Waals surface area (Å²) in [4.78, 5) is 2.46. The Labute approximate surface area is 122 Å². The lowest BCUT2D eigenvalue weighted by molar-refractivity contribution is 0.161. The molecule has 18 heavy (non-hydrogen) atoms. The summed E-state index contributed by atoms with van der Waals surface area (Å²) in [7, 11) is 0. The fourth-order valence-electron chi connectivity index (χ4n) is 2.21. The molecule has 0 saturated carbocycles. The van der Waals surface area contributed by atoms with Crippen LogP contribution in [-0.4, -0.2) is 37.0 Å². The predicted molar refractivity (Wildman–Crippen MR) is 79.5 cm³/mol. The van der Waals surface area contributed by atoms with Crippen LogP contribution in [0.2, 0.25) is 0 Å². The molecule has 0 spiro atoms. The van der Waals surface area contributed by atoms with Crippen LogP contribution in [0.25, 0.3) is 0 Å². The first-order chi connectivity index (χ1) is 8.78. The SMILES string of the molecule is ClCC1CCN(CCOc2cccc(Br)c2)CC1. The minimum atomic E-state index is 0.717. The van der Waals surface area contributed by atoms with Crippen LogP contribution in [0.1, 0.15) is 12.8 Å². The highest BCUT2D eigenvalue weighted by atomic mass is 79.9. The van der Waals surface area contributed by atoms with E-state index in [0.29, 0.717) is 5.92 Å². The van der Waals surface area contributed by atoms with Gasteiger partial charge in [-0.2, -0.15) is 0 Å². The number of likely N-dealkylation sites (tertiary alicyclic amines) is 1. The van der Waals surface area contributed by atoms with E-state index in [1.165, 1.54) is 12.8 Å². The molecule has 1 aliphatic rings. The van der Waals surface area contributed by atoms with Crippen molar-refractivity contribution < 1.29 is 4.74 Å². The molecule has 0 bridgehead atoms. The smallest absolute Gasteiger partial charge is 0.120 e. The third-order valence-electron chi connectivity index (χ3n) is 3.40. The lowest BCUT2D eigenvalue weighted by atomic mass is 9.99. The molecule has 4 heteroatoms.